The molecule has 2 aliphatic carbocycles. The lowest BCUT2D eigenvalue weighted by Crippen LogP contribution is -2.46. The smallest absolute Gasteiger partial charge is 0.191 e. The van der Waals surface area contributed by atoms with Crippen LogP contribution in [0.3, 0.4) is 0 Å². The van der Waals surface area contributed by atoms with Gasteiger partial charge < -0.3 is 10.6 Å². The highest BCUT2D eigenvalue weighted by molar-refractivity contribution is 14.0. The summed E-state index contributed by atoms with van der Waals surface area (Å²) in [6.45, 7) is 3.49. The summed E-state index contributed by atoms with van der Waals surface area (Å²) < 4.78 is 0. The van der Waals surface area contributed by atoms with Crippen molar-refractivity contribution in [2.45, 2.75) is 50.6 Å². The van der Waals surface area contributed by atoms with E-state index in [0.29, 0.717) is 6.04 Å². The summed E-state index contributed by atoms with van der Waals surface area (Å²) in [6.07, 6.45) is 12.4. The minimum atomic E-state index is 0. The van der Waals surface area contributed by atoms with Crippen LogP contribution in [0.1, 0.15) is 38.5 Å². The Morgan fingerprint density at radius 1 is 1.24 bits per heavy atom. The number of nitrogens with one attached hydrogen (secondary N) is 2. The fourth-order valence-electron chi connectivity index (χ4n) is 3.35. The van der Waals surface area contributed by atoms with Crippen LogP contribution in [0, 0.1) is 5.92 Å². The van der Waals surface area contributed by atoms with E-state index in [0.717, 1.165) is 24.5 Å². The molecule has 3 rings (SSSR count). The summed E-state index contributed by atoms with van der Waals surface area (Å²) in [5.74, 6) is 1.76. The molecule has 2 fully saturated rings. The molecular formula is C16H29IN4. The molecule has 3 aliphatic rings. The largest absolute Gasteiger partial charge is 0.356 e. The average Bonchev–Trinajstić information content (AvgIpc) is 3.24. The van der Waals surface area contributed by atoms with Gasteiger partial charge in [0.05, 0.1) is 0 Å². The summed E-state index contributed by atoms with van der Waals surface area (Å²) in [7, 11) is 1.88. The molecule has 120 valence electrons. The number of halogens is 1. The third-order valence-electron chi connectivity index (χ3n) is 4.78. The van der Waals surface area contributed by atoms with Crippen LogP contribution >= 0.6 is 24.0 Å². The standard InChI is InChI=1S/C16H28N4.HI/c1-17-16(18-11-13-5-3-2-4-6-13)19-14-9-10-20(12-14)15-7-8-15;/h2-3,13-15H,4-12H2,1H3,(H2,17,18,19);1H. The molecule has 0 aromatic heterocycles. The number of hydrogen-bond donors (Lipinski definition) is 2. The molecule has 0 amide bonds. The van der Waals surface area contributed by atoms with Gasteiger partial charge in [-0.2, -0.15) is 0 Å². The second-order valence-electron chi connectivity index (χ2n) is 6.46. The quantitative estimate of drug-likeness (QED) is 0.327. The van der Waals surface area contributed by atoms with Crippen LogP contribution in [0.25, 0.3) is 0 Å². The number of allylic oxidation sites excluding steroid dienone is 2. The van der Waals surface area contributed by atoms with Crippen molar-refractivity contribution < 1.29 is 0 Å². The van der Waals surface area contributed by atoms with Gasteiger partial charge in [0.25, 0.3) is 0 Å². The summed E-state index contributed by atoms with van der Waals surface area (Å²) in [5, 5.41) is 7.11. The molecule has 4 nitrogen and oxygen atoms in total. The van der Waals surface area contributed by atoms with Crippen LogP contribution < -0.4 is 10.6 Å². The first-order valence-corrected chi connectivity index (χ1v) is 8.21. The van der Waals surface area contributed by atoms with Crippen molar-refractivity contribution in [3.8, 4) is 0 Å². The summed E-state index contributed by atoms with van der Waals surface area (Å²) in [5.41, 5.74) is 0. The van der Waals surface area contributed by atoms with E-state index >= 15 is 0 Å². The van der Waals surface area contributed by atoms with Gasteiger partial charge in [0.15, 0.2) is 5.96 Å². The van der Waals surface area contributed by atoms with Crippen LogP contribution in [-0.2, 0) is 0 Å². The van der Waals surface area contributed by atoms with Gasteiger partial charge in [0, 0.05) is 38.8 Å². The maximum atomic E-state index is 4.38. The molecule has 0 spiro atoms. The maximum absolute atomic E-state index is 4.38. The van der Waals surface area contributed by atoms with Gasteiger partial charge in [-0.1, -0.05) is 12.2 Å². The second-order valence-corrected chi connectivity index (χ2v) is 6.46. The number of nitrogens with zero attached hydrogens (tertiary/aromatic N) is 2. The number of rotatable bonds is 4. The Bertz CT molecular complexity index is 378. The summed E-state index contributed by atoms with van der Waals surface area (Å²) in [6, 6.07) is 1.47. The van der Waals surface area contributed by atoms with E-state index in [2.05, 4.69) is 32.7 Å². The number of hydrogen-bond acceptors (Lipinski definition) is 2. The van der Waals surface area contributed by atoms with Crippen LogP contribution in [0.2, 0.25) is 0 Å². The molecule has 2 atom stereocenters. The fourth-order valence-corrected chi connectivity index (χ4v) is 3.35. The molecule has 1 saturated carbocycles. The highest BCUT2D eigenvalue weighted by Crippen LogP contribution is 2.29. The Labute approximate surface area is 145 Å². The van der Waals surface area contributed by atoms with E-state index in [1.54, 1.807) is 0 Å². The van der Waals surface area contributed by atoms with Crippen LogP contribution in [0.5, 0.6) is 0 Å². The molecule has 1 heterocycles. The van der Waals surface area contributed by atoms with E-state index in [1.807, 2.05) is 7.05 Å². The van der Waals surface area contributed by atoms with Gasteiger partial charge in [0.2, 0.25) is 0 Å². The number of guanidine groups is 1. The van der Waals surface area contributed by atoms with Crippen molar-refractivity contribution in [1.82, 2.24) is 15.5 Å². The van der Waals surface area contributed by atoms with Crippen molar-refractivity contribution in [1.29, 1.82) is 0 Å². The molecule has 0 aromatic carbocycles. The lowest BCUT2D eigenvalue weighted by molar-refractivity contribution is 0.321. The predicted molar refractivity (Wildman–Crippen MR) is 99.4 cm³/mol. The van der Waals surface area contributed by atoms with Gasteiger partial charge >= 0.3 is 0 Å². The molecular weight excluding hydrogens is 375 g/mol. The lowest BCUT2D eigenvalue weighted by Gasteiger charge is -2.22. The van der Waals surface area contributed by atoms with E-state index in [4.69, 9.17) is 0 Å². The lowest BCUT2D eigenvalue weighted by atomic mass is 9.94. The molecule has 21 heavy (non-hydrogen) atoms. The van der Waals surface area contributed by atoms with Gasteiger partial charge in [-0.25, -0.2) is 0 Å². The van der Waals surface area contributed by atoms with Crippen molar-refractivity contribution in [2.24, 2.45) is 10.9 Å². The van der Waals surface area contributed by atoms with E-state index < -0.39 is 0 Å². The van der Waals surface area contributed by atoms with Gasteiger partial charge in [-0.05, 0) is 44.4 Å². The number of aliphatic imine (C=N–C) groups is 1. The molecule has 2 unspecified atom stereocenters. The summed E-state index contributed by atoms with van der Waals surface area (Å²) in [4.78, 5) is 7.02. The van der Waals surface area contributed by atoms with Crippen LogP contribution in [0.4, 0.5) is 0 Å². The average molecular weight is 404 g/mol. The van der Waals surface area contributed by atoms with Crippen molar-refractivity contribution in [3.05, 3.63) is 12.2 Å². The molecule has 1 aliphatic heterocycles. The molecule has 5 heteroatoms. The first kappa shape index (κ1) is 17.1. The van der Waals surface area contributed by atoms with E-state index in [-0.39, 0.29) is 24.0 Å². The zero-order valence-electron chi connectivity index (χ0n) is 13.1. The topological polar surface area (TPSA) is 39.7 Å². The van der Waals surface area contributed by atoms with E-state index in [1.165, 1.54) is 51.6 Å². The highest BCUT2D eigenvalue weighted by atomic mass is 127. The maximum Gasteiger partial charge on any atom is 0.191 e. The Morgan fingerprint density at radius 2 is 2.10 bits per heavy atom. The zero-order chi connectivity index (χ0) is 13.8. The monoisotopic (exact) mass is 404 g/mol. The third-order valence-corrected chi connectivity index (χ3v) is 4.78. The SMILES string of the molecule is CN=C(NCC1CC=CCC1)NC1CCN(C2CC2)C1.I. The Morgan fingerprint density at radius 3 is 2.76 bits per heavy atom. The first-order valence-electron chi connectivity index (χ1n) is 8.21. The second kappa shape index (κ2) is 8.36. The zero-order valence-corrected chi connectivity index (χ0v) is 15.4. The van der Waals surface area contributed by atoms with E-state index in [9.17, 15) is 0 Å². The molecule has 0 aromatic rings. The summed E-state index contributed by atoms with van der Waals surface area (Å²) >= 11 is 0. The Balaban J connectivity index is 0.00000161. The van der Waals surface area contributed by atoms with Crippen molar-refractivity contribution >= 4 is 29.9 Å². The van der Waals surface area contributed by atoms with Gasteiger partial charge in [-0.15, -0.1) is 24.0 Å². The van der Waals surface area contributed by atoms with Gasteiger partial charge in [-0.3, -0.25) is 9.89 Å². The normalized spacial score (nSPS) is 30.0. The molecule has 0 radical (unpaired) electrons. The first-order chi connectivity index (χ1) is 9.85. The fraction of sp³-hybridized carbons (Fsp3) is 0.812. The molecule has 0 bridgehead atoms. The minimum Gasteiger partial charge on any atom is -0.356 e. The van der Waals surface area contributed by atoms with Crippen LogP contribution in [-0.4, -0.2) is 49.6 Å². The van der Waals surface area contributed by atoms with Crippen molar-refractivity contribution in [2.75, 3.05) is 26.7 Å². The Kier molecular flexibility index (Phi) is 6.79. The van der Waals surface area contributed by atoms with Gasteiger partial charge in [0.1, 0.15) is 0 Å². The Hall–Kier alpha value is -0.300. The highest BCUT2D eigenvalue weighted by Gasteiger charge is 2.34. The van der Waals surface area contributed by atoms with Crippen molar-refractivity contribution in [3.63, 3.8) is 0 Å². The third kappa shape index (κ3) is 5.13. The predicted octanol–water partition coefficient (Wildman–Crippen LogP) is 2.36. The molecule has 1 saturated heterocycles. The number of likely N-dealkylation sites (tertiary alicyclic amines) is 1. The van der Waals surface area contributed by atoms with Crippen LogP contribution in [0.15, 0.2) is 17.1 Å². The minimum absolute atomic E-state index is 0. The molecule has 2 N–H and O–H groups in total.